The van der Waals surface area contributed by atoms with Gasteiger partial charge in [-0.2, -0.15) is 5.10 Å². The van der Waals surface area contributed by atoms with Crippen LogP contribution in [0.4, 0.5) is 10.2 Å². The summed E-state index contributed by atoms with van der Waals surface area (Å²) >= 11 is 0. The molecule has 3 N–H and O–H groups in total. The van der Waals surface area contributed by atoms with Crippen LogP contribution >= 0.6 is 0 Å². The van der Waals surface area contributed by atoms with Crippen molar-refractivity contribution in [1.82, 2.24) is 9.78 Å². The summed E-state index contributed by atoms with van der Waals surface area (Å²) in [4.78, 5) is 0. The Morgan fingerprint density at radius 2 is 2.00 bits per heavy atom. The number of nitrogens with two attached hydrogens (primary N) is 1. The van der Waals surface area contributed by atoms with Crippen molar-refractivity contribution < 1.29 is 9.50 Å². The molecule has 1 heterocycles. The van der Waals surface area contributed by atoms with Crippen LogP contribution in [0, 0.1) is 5.82 Å². The van der Waals surface area contributed by atoms with Crippen molar-refractivity contribution in [3.05, 3.63) is 47.4 Å². The smallest absolute Gasteiger partial charge is 0.127 e. The van der Waals surface area contributed by atoms with Crippen LogP contribution in [0.2, 0.25) is 0 Å². The van der Waals surface area contributed by atoms with Crippen molar-refractivity contribution in [2.75, 3.05) is 5.73 Å². The zero-order chi connectivity index (χ0) is 11.7. The summed E-state index contributed by atoms with van der Waals surface area (Å²) in [5.74, 6) is 0.0620. The van der Waals surface area contributed by atoms with E-state index < -0.39 is 6.10 Å². The molecular weight excluding hydrogens is 209 g/mol. The van der Waals surface area contributed by atoms with Gasteiger partial charge < -0.3 is 10.8 Å². The Labute approximate surface area is 92.1 Å². The lowest BCUT2D eigenvalue weighted by molar-refractivity contribution is 0.221. The van der Waals surface area contributed by atoms with Gasteiger partial charge in [0, 0.05) is 12.6 Å². The second-order valence-electron chi connectivity index (χ2n) is 3.56. The fraction of sp³-hybridized carbons (Fsp3) is 0.182. The zero-order valence-corrected chi connectivity index (χ0v) is 8.76. The van der Waals surface area contributed by atoms with E-state index in [1.165, 1.54) is 35.1 Å². The maximum absolute atomic E-state index is 12.7. The highest BCUT2D eigenvalue weighted by Crippen LogP contribution is 2.25. The van der Waals surface area contributed by atoms with E-state index >= 15 is 0 Å². The lowest BCUT2D eigenvalue weighted by Crippen LogP contribution is -2.04. The number of aryl methyl sites for hydroxylation is 1. The van der Waals surface area contributed by atoms with E-state index in [1.54, 1.807) is 7.05 Å². The summed E-state index contributed by atoms with van der Waals surface area (Å²) in [6, 6.07) is 5.63. The molecule has 2 rings (SSSR count). The number of anilines is 1. The molecule has 1 atom stereocenters. The molecule has 5 heteroatoms. The molecule has 4 nitrogen and oxygen atoms in total. The van der Waals surface area contributed by atoms with Gasteiger partial charge in [-0.1, -0.05) is 12.1 Å². The predicted molar refractivity (Wildman–Crippen MR) is 58.1 cm³/mol. The number of halogens is 1. The number of aliphatic hydroxyl groups is 1. The lowest BCUT2D eigenvalue weighted by atomic mass is 10.0. The van der Waals surface area contributed by atoms with E-state index in [-0.39, 0.29) is 5.82 Å². The average molecular weight is 221 g/mol. The maximum atomic E-state index is 12.7. The summed E-state index contributed by atoms with van der Waals surface area (Å²) in [6.45, 7) is 0. The Hall–Kier alpha value is -1.88. The molecule has 0 saturated heterocycles. The largest absolute Gasteiger partial charge is 0.384 e. The van der Waals surface area contributed by atoms with E-state index in [4.69, 9.17) is 5.73 Å². The molecule has 0 aliphatic rings. The van der Waals surface area contributed by atoms with Crippen LogP contribution in [0.3, 0.4) is 0 Å². The molecule has 84 valence electrons. The topological polar surface area (TPSA) is 64.1 Å². The first-order chi connectivity index (χ1) is 7.59. The molecule has 16 heavy (non-hydrogen) atoms. The molecule has 0 amide bonds. The number of benzene rings is 1. The first kappa shape index (κ1) is 10.6. The van der Waals surface area contributed by atoms with Crippen molar-refractivity contribution in [2.45, 2.75) is 6.10 Å². The highest BCUT2D eigenvalue weighted by molar-refractivity contribution is 5.44. The molecule has 0 radical (unpaired) electrons. The third kappa shape index (κ3) is 1.77. The second-order valence-corrected chi connectivity index (χ2v) is 3.56. The van der Waals surface area contributed by atoms with Crippen LogP contribution in [0.1, 0.15) is 17.2 Å². The molecular formula is C11H12FN3O. The minimum atomic E-state index is -0.880. The quantitative estimate of drug-likeness (QED) is 0.801. The number of rotatable bonds is 2. The molecule has 0 bridgehead atoms. The van der Waals surface area contributed by atoms with E-state index in [1.807, 2.05) is 0 Å². The molecule has 1 aromatic carbocycles. The first-order valence-electron chi connectivity index (χ1n) is 4.80. The summed E-state index contributed by atoms with van der Waals surface area (Å²) in [7, 11) is 1.69. The Bertz CT molecular complexity index is 492. The fourth-order valence-electron chi connectivity index (χ4n) is 1.50. The van der Waals surface area contributed by atoms with Gasteiger partial charge in [0.2, 0.25) is 0 Å². The molecule has 0 spiro atoms. The van der Waals surface area contributed by atoms with E-state index in [0.29, 0.717) is 16.9 Å². The fourth-order valence-corrected chi connectivity index (χ4v) is 1.50. The molecule has 1 unspecified atom stereocenters. The minimum absolute atomic E-state index is 0.338. The molecule has 0 fully saturated rings. The van der Waals surface area contributed by atoms with Crippen LogP contribution in [0.25, 0.3) is 0 Å². The number of hydrogen-bond donors (Lipinski definition) is 2. The maximum Gasteiger partial charge on any atom is 0.127 e. The number of aromatic nitrogens is 2. The molecule has 1 aromatic heterocycles. The standard InChI is InChI=1S/C11H12FN3O/c1-15-11(13)9(6-14-15)10(16)7-2-4-8(12)5-3-7/h2-6,10,16H,13H2,1H3. The van der Waals surface area contributed by atoms with Gasteiger partial charge in [0.15, 0.2) is 0 Å². The summed E-state index contributed by atoms with van der Waals surface area (Å²) < 4.78 is 14.2. The van der Waals surface area contributed by atoms with Crippen molar-refractivity contribution in [3.63, 3.8) is 0 Å². The summed E-state index contributed by atoms with van der Waals surface area (Å²) in [6.07, 6.45) is 0.623. The Balaban J connectivity index is 2.35. The summed E-state index contributed by atoms with van der Waals surface area (Å²) in [5, 5.41) is 14.0. The van der Waals surface area contributed by atoms with Gasteiger partial charge in [-0.15, -0.1) is 0 Å². The van der Waals surface area contributed by atoms with Gasteiger partial charge >= 0.3 is 0 Å². The van der Waals surface area contributed by atoms with Crippen molar-refractivity contribution in [1.29, 1.82) is 0 Å². The molecule has 0 aliphatic heterocycles. The molecule has 0 saturated carbocycles. The summed E-state index contributed by atoms with van der Waals surface area (Å²) in [5.41, 5.74) is 6.84. The Kier molecular flexibility index (Phi) is 2.62. The van der Waals surface area contributed by atoms with Gasteiger partial charge in [0.1, 0.15) is 17.7 Å². The van der Waals surface area contributed by atoms with E-state index in [9.17, 15) is 9.50 Å². The SMILES string of the molecule is Cn1ncc(C(O)c2ccc(F)cc2)c1N. The highest BCUT2D eigenvalue weighted by atomic mass is 19.1. The van der Waals surface area contributed by atoms with Crippen molar-refractivity contribution in [2.24, 2.45) is 7.05 Å². The van der Waals surface area contributed by atoms with Crippen LogP contribution in [-0.2, 0) is 7.05 Å². The van der Waals surface area contributed by atoms with Gasteiger partial charge in [0.05, 0.1) is 6.20 Å². The van der Waals surface area contributed by atoms with Crippen molar-refractivity contribution >= 4 is 5.82 Å². The van der Waals surface area contributed by atoms with Crippen LogP contribution in [0.5, 0.6) is 0 Å². The zero-order valence-electron chi connectivity index (χ0n) is 8.76. The van der Waals surface area contributed by atoms with Gasteiger partial charge in [-0.05, 0) is 17.7 Å². The first-order valence-corrected chi connectivity index (χ1v) is 4.80. The minimum Gasteiger partial charge on any atom is -0.384 e. The van der Waals surface area contributed by atoms with Crippen LogP contribution in [0.15, 0.2) is 30.5 Å². The molecule has 2 aromatic rings. The van der Waals surface area contributed by atoms with Crippen LogP contribution < -0.4 is 5.73 Å². The number of nitrogen functional groups attached to an aromatic ring is 1. The lowest BCUT2D eigenvalue weighted by Gasteiger charge is -2.10. The Morgan fingerprint density at radius 3 is 2.50 bits per heavy atom. The number of nitrogens with zero attached hydrogens (tertiary/aromatic N) is 2. The third-order valence-electron chi connectivity index (χ3n) is 2.49. The second kappa shape index (κ2) is 3.94. The number of hydrogen-bond acceptors (Lipinski definition) is 3. The molecule has 0 aliphatic carbocycles. The predicted octanol–water partition coefficient (Wildman–Crippen LogP) is 1.22. The van der Waals surface area contributed by atoms with Gasteiger partial charge in [0.25, 0.3) is 0 Å². The van der Waals surface area contributed by atoms with E-state index in [0.717, 1.165) is 0 Å². The highest BCUT2D eigenvalue weighted by Gasteiger charge is 2.16. The average Bonchev–Trinajstić information content (AvgIpc) is 2.60. The van der Waals surface area contributed by atoms with Gasteiger partial charge in [-0.3, -0.25) is 4.68 Å². The Morgan fingerprint density at radius 1 is 1.38 bits per heavy atom. The van der Waals surface area contributed by atoms with Gasteiger partial charge in [-0.25, -0.2) is 4.39 Å². The van der Waals surface area contributed by atoms with Crippen molar-refractivity contribution in [3.8, 4) is 0 Å². The third-order valence-corrected chi connectivity index (χ3v) is 2.49. The van der Waals surface area contributed by atoms with Crippen LogP contribution in [-0.4, -0.2) is 14.9 Å². The normalized spacial score (nSPS) is 12.7. The number of aliphatic hydroxyl groups excluding tert-OH is 1. The van der Waals surface area contributed by atoms with E-state index in [2.05, 4.69) is 5.10 Å². The monoisotopic (exact) mass is 221 g/mol.